The molecule has 1 radical (unpaired) electrons. The van der Waals surface area contributed by atoms with E-state index in [1.807, 2.05) is 45.0 Å². The monoisotopic (exact) mass is 547 g/mol. The Bertz CT molecular complexity index is 964. The minimum Gasteiger partial charge on any atom is -2.00 e. The molecule has 0 aliphatic rings. The van der Waals surface area contributed by atoms with E-state index >= 15 is 0 Å². The van der Waals surface area contributed by atoms with Crippen LogP contribution >= 0.6 is 0 Å². The van der Waals surface area contributed by atoms with Gasteiger partial charge in [-0.15, -0.1) is 6.61 Å². The molecule has 0 N–H and O–H groups in total. The van der Waals surface area contributed by atoms with Crippen LogP contribution in [0.5, 0.6) is 11.5 Å². The molecule has 0 aliphatic heterocycles. The number of nitrogens with zero attached hydrogens (tertiary/aromatic N) is 1. The van der Waals surface area contributed by atoms with Crippen LogP contribution < -0.4 is 15.3 Å². The fraction of sp³-hybridized carbons (Fsp3) is 0.581. The zero-order valence-corrected chi connectivity index (χ0v) is 26.5. The van der Waals surface area contributed by atoms with E-state index in [1.165, 1.54) is 0 Å². The fourth-order valence-corrected chi connectivity index (χ4v) is 3.58. The number of hydrogen-bond acceptors (Lipinski definition) is 4. The first-order valence-electron chi connectivity index (χ1n) is 12.5. The van der Waals surface area contributed by atoms with Crippen molar-refractivity contribution in [2.45, 2.75) is 112 Å². The van der Waals surface area contributed by atoms with Gasteiger partial charge in [0.2, 0.25) is 0 Å². The molecular formula is C31H46NO4V-5. The predicted octanol–water partition coefficient (Wildman–Crippen LogP) is 6.02. The van der Waals surface area contributed by atoms with Crippen LogP contribution in [-0.4, -0.2) is 12.8 Å². The maximum atomic E-state index is 13.3. The van der Waals surface area contributed by atoms with Crippen LogP contribution in [0.4, 0.5) is 5.69 Å². The summed E-state index contributed by atoms with van der Waals surface area (Å²) >= 11 is 0. The molecule has 0 heterocycles. The molecule has 0 amide bonds. The summed E-state index contributed by atoms with van der Waals surface area (Å²) in [7, 11) is 0. The van der Waals surface area contributed by atoms with E-state index in [2.05, 4.69) is 67.3 Å². The largest absolute Gasteiger partial charge is 2.00 e. The Morgan fingerprint density at radius 2 is 1.00 bits per heavy atom. The maximum absolute atomic E-state index is 13.3. The Morgan fingerprint density at radius 3 is 1.35 bits per heavy atom. The Balaban J connectivity index is 0. The SMILES string of the molecule is CC(C)(C)c1cc(C=Nc2cc(C(C)(C)C)cc(C(C)(C)C)c2[O-])c([O-])c(C(C)(C)C)c1.CC[O-].[O-2].[V]. The summed E-state index contributed by atoms with van der Waals surface area (Å²) < 4.78 is 0. The molecule has 0 aliphatic carbocycles. The first-order chi connectivity index (χ1) is 15.6. The molecule has 0 saturated carbocycles. The fourth-order valence-electron chi connectivity index (χ4n) is 3.58. The van der Waals surface area contributed by atoms with E-state index in [1.54, 1.807) is 13.1 Å². The van der Waals surface area contributed by atoms with E-state index in [-0.39, 0.29) is 63.8 Å². The third-order valence-electron chi connectivity index (χ3n) is 5.88. The third kappa shape index (κ3) is 10.1. The summed E-state index contributed by atoms with van der Waals surface area (Å²) in [5.41, 5.74) is 3.79. The van der Waals surface area contributed by atoms with Crippen molar-refractivity contribution in [3.63, 3.8) is 0 Å². The van der Waals surface area contributed by atoms with Gasteiger partial charge in [0.25, 0.3) is 0 Å². The van der Waals surface area contributed by atoms with E-state index in [0.29, 0.717) is 11.3 Å². The van der Waals surface area contributed by atoms with Crippen molar-refractivity contribution in [3.8, 4) is 11.5 Å². The van der Waals surface area contributed by atoms with Gasteiger partial charge in [-0.25, -0.2) is 0 Å². The average Bonchev–Trinajstić information content (AvgIpc) is 2.65. The Labute approximate surface area is 237 Å². The van der Waals surface area contributed by atoms with Crippen LogP contribution in [0.3, 0.4) is 0 Å². The van der Waals surface area contributed by atoms with E-state index in [4.69, 9.17) is 5.11 Å². The van der Waals surface area contributed by atoms with Crippen LogP contribution in [0.25, 0.3) is 0 Å². The van der Waals surface area contributed by atoms with Gasteiger partial charge in [-0.05, 0) is 55.5 Å². The smallest absolute Gasteiger partial charge is 0.0557 e. The normalized spacial score (nSPS) is 12.4. The molecule has 6 heteroatoms. The quantitative estimate of drug-likeness (QED) is 0.429. The van der Waals surface area contributed by atoms with Gasteiger partial charge in [0, 0.05) is 24.8 Å². The molecule has 209 valence electrons. The molecular weight excluding hydrogens is 501 g/mol. The van der Waals surface area contributed by atoms with Gasteiger partial charge in [0.1, 0.15) is 0 Å². The van der Waals surface area contributed by atoms with Gasteiger partial charge >= 0.3 is 0 Å². The molecule has 2 rings (SSSR count). The minimum atomic E-state index is -0.294. The molecule has 2 aromatic rings. The predicted molar refractivity (Wildman–Crippen MR) is 145 cm³/mol. The van der Waals surface area contributed by atoms with Gasteiger partial charge in [0.05, 0.1) is 5.69 Å². The molecule has 0 unspecified atom stereocenters. The van der Waals surface area contributed by atoms with Gasteiger partial charge in [-0.2, -0.15) is 0 Å². The molecule has 0 aromatic heterocycles. The van der Waals surface area contributed by atoms with Crippen LogP contribution in [0.15, 0.2) is 29.3 Å². The average molecular weight is 548 g/mol. The Kier molecular flexibility index (Phi) is 13.5. The van der Waals surface area contributed by atoms with Gasteiger partial charge in [0.15, 0.2) is 0 Å². The van der Waals surface area contributed by atoms with Crippen LogP contribution in [0.1, 0.15) is 118 Å². The summed E-state index contributed by atoms with van der Waals surface area (Å²) in [5, 5.41) is 35.5. The summed E-state index contributed by atoms with van der Waals surface area (Å²) in [6.07, 6.45) is 1.59. The van der Waals surface area contributed by atoms with Gasteiger partial charge in [-0.3, -0.25) is 4.99 Å². The second-order valence-electron chi connectivity index (χ2n) is 13.4. The molecule has 37 heavy (non-hydrogen) atoms. The number of hydrogen-bond donors (Lipinski definition) is 0. The Hall–Kier alpha value is -1.79. The van der Waals surface area contributed by atoms with Crippen LogP contribution in [-0.2, 0) is 45.7 Å². The second-order valence-corrected chi connectivity index (χ2v) is 13.4. The minimum absolute atomic E-state index is 0. The summed E-state index contributed by atoms with van der Waals surface area (Å²) in [5.74, 6) is -0.0954. The van der Waals surface area contributed by atoms with E-state index in [9.17, 15) is 10.2 Å². The standard InChI is InChI=1S/C29H43NO2.C2H5O.O.V/c1-26(2,3)19-13-18(24(31)21(14-19)28(7,8)9)17-30-23-16-20(27(4,5)6)15-22(25(23)32)29(10,11)12;1-2-3;;/h13-17,31-32H,1-12H3;2H2,1H3;;/q;-1;-2;/p-2. The van der Waals surface area contributed by atoms with E-state index in [0.717, 1.165) is 22.3 Å². The summed E-state index contributed by atoms with van der Waals surface area (Å²) in [6, 6.07) is 7.83. The summed E-state index contributed by atoms with van der Waals surface area (Å²) in [4.78, 5) is 4.59. The van der Waals surface area contributed by atoms with Crippen molar-refractivity contribution in [3.05, 3.63) is 52.1 Å². The topological polar surface area (TPSA) is 110 Å². The van der Waals surface area contributed by atoms with Gasteiger partial charge < -0.3 is 20.8 Å². The zero-order chi connectivity index (χ0) is 27.6. The van der Waals surface area contributed by atoms with Crippen LogP contribution in [0, 0.1) is 0 Å². The van der Waals surface area contributed by atoms with Crippen molar-refractivity contribution in [2.75, 3.05) is 6.61 Å². The maximum Gasteiger partial charge on any atom is 0.0557 e. The van der Waals surface area contributed by atoms with Crippen molar-refractivity contribution < 1.29 is 39.4 Å². The van der Waals surface area contributed by atoms with Crippen molar-refractivity contribution in [2.24, 2.45) is 4.99 Å². The van der Waals surface area contributed by atoms with Crippen molar-refractivity contribution in [1.82, 2.24) is 0 Å². The first kappa shape index (κ1) is 37.4. The number of rotatable bonds is 2. The molecule has 0 bridgehead atoms. The number of benzene rings is 2. The molecule has 0 saturated heterocycles. The van der Waals surface area contributed by atoms with Crippen molar-refractivity contribution >= 4 is 11.9 Å². The molecule has 2 aromatic carbocycles. The number of aliphatic imine (C=N–C) groups is 1. The zero-order valence-electron chi connectivity index (χ0n) is 25.1. The molecule has 0 atom stereocenters. The second kappa shape index (κ2) is 13.3. The third-order valence-corrected chi connectivity index (χ3v) is 5.88. The summed E-state index contributed by atoms with van der Waals surface area (Å²) in [6.45, 7) is 26.7. The molecule has 0 spiro atoms. The van der Waals surface area contributed by atoms with E-state index < -0.39 is 0 Å². The molecule has 0 fully saturated rings. The molecule has 5 nitrogen and oxygen atoms in total. The van der Waals surface area contributed by atoms with Crippen LogP contribution in [0.2, 0.25) is 0 Å². The van der Waals surface area contributed by atoms with Gasteiger partial charge in [-0.1, -0.05) is 120 Å². The first-order valence-corrected chi connectivity index (χ1v) is 12.5. The van der Waals surface area contributed by atoms with Crippen molar-refractivity contribution in [1.29, 1.82) is 0 Å². The Morgan fingerprint density at radius 1 is 0.649 bits per heavy atom.